The fourth-order valence-electron chi connectivity index (χ4n) is 2.52. The largest absolute Gasteiger partial charge is 0.286 e. The maximum absolute atomic E-state index is 13.0. The number of rotatable bonds is 2. The van der Waals surface area contributed by atoms with Crippen LogP contribution in [0.5, 0.6) is 0 Å². The van der Waals surface area contributed by atoms with Gasteiger partial charge in [-0.2, -0.15) is 0 Å². The Kier molecular flexibility index (Phi) is 3.55. The molecule has 0 aliphatic rings. The standard InChI is InChI=1S/C18H11ClN4O/c19-13-8-6-12(7-9-13)17-22-16-15(20-10-11-21-16)18(24)23(17)14-4-2-1-3-5-14/h1-11H. The predicted octanol–water partition coefficient (Wildman–Crippen LogP) is 3.50. The van der Waals surface area contributed by atoms with Crippen LogP contribution < -0.4 is 5.56 Å². The van der Waals surface area contributed by atoms with Crippen LogP contribution in [0.3, 0.4) is 0 Å². The summed E-state index contributed by atoms with van der Waals surface area (Å²) < 4.78 is 1.54. The highest BCUT2D eigenvalue weighted by Gasteiger charge is 2.15. The number of halogens is 1. The Morgan fingerprint density at radius 2 is 1.58 bits per heavy atom. The maximum Gasteiger partial charge on any atom is 0.286 e. The Hall–Kier alpha value is -3.05. The van der Waals surface area contributed by atoms with Crippen LogP contribution in [0.4, 0.5) is 0 Å². The van der Waals surface area contributed by atoms with E-state index in [0.717, 1.165) is 5.56 Å². The van der Waals surface area contributed by atoms with Gasteiger partial charge in [0.1, 0.15) is 5.82 Å². The zero-order chi connectivity index (χ0) is 16.5. The van der Waals surface area contributed by atoms with Crippen LogP contribution in [0, 0.1) is 0 Å². The number of hydrogen-bond donors (Lipinski definition) is 0. The quantitative estimate of drug-likeness (QED) is 0.563. The van der Waals surface area contributed by atoms with Gasteiger partial charge in [-0.25, -0.2) is 15.0 Å². The molecule has 0 amide bonds. The molecule has 2 aromatic heterocycles. The molecule has 0 atom stereocenters. The SMILES string of the molecule is O=c1c2nccnc2nc(-c2ccc(Cl)cc2)n1-c1ccccc1. The van der Waals surface area contributed by atoms with Gasteiger partial charge in [-0.1, -0.05) is 29.8 Å². The summed E-state index contributed by atoms with van der Waals surface area (Å²) >= 11 is 5.97. The minimum atomic E-state index is -0.260. The summed E-state index contributed by atoms with van der Waals surface area (Å²) in [7, 11) is 0. The lowest BCUT2D eigenvalue weighted by molar-refractivity contribution is 0.959. The second-order valence-electron chi connectivity index (χ2n) is 5.15. The van der Waals surface area contributed by atoms with Gasteiger partial charge in [0.05, 0.1) is 5.69 Å². The molecule has 0 bridgehead atoms. The molecule has 5 nitrogen and oxygen atoms in total. The van der Waals surface area contributed by atoms with E-state index in [2.05, 4.69) is 15.0 Å². The van der Waals surface area contributed by atoms with E-state index in [9.17, 15) is 4.79 Å². The van der Waals surface area contributed by atoms with E-state index in [4.69, 9.17) is 11.6 Å². The van der Waals surface area contributed by atoms with Gasteiger partial charge < -0.3 is 0 Å². The number of hydrogen-bond acceptors (Lipinski definition) is 4. The van der Waals surface area contributed by atoms with Gasteiger partial charge in [-0.3, -0.25) is 9.36 Å². The third kappa shape index (κ3) is 2.45. The van der Waals surface area contributed by atoms with Gasteiger partial charge in [0.2, 0.25) is 0 Å². The van der Waals surface area contributed by atoms with Gasteiger partial charge in [0.25, 0.3) is 5.56 Å². The molecule has 2 aromatic carbocycles. The summed E-state index contributed by atoms with van der Waals surface area (Å²) in [6.45, 7) is 0. The van der Waals surface area contributed by atoms with E-state index >= 15 is 0 Å². The lowest BCUT2D eigenvalue weighted by Crippen LogP contribution is -2.23. The first kappa shape index (κ1) is 14.5. The molecule has 0 radical (unpaired) electrons. The molecule has 0 N–H and O–H groups in total. The summed E-state index contributed by atoms with van der Waals surface area (Å²) in [4.78, 5) is 25.8. The van der Waals surface area contributed by atoms with Crippen molar-refractivity contribution in [3.05, 3.63) is 82.4 Å². The average molecular weight is 335 g/mol. The van der Waals surface area contributed by atoms with Crippen LogP contribution in [0.2, 0.25) is 5.02 Å². The van der Waals surface area contributed by atoms with Crippen LogP contribution in [-0.2, 0) is 0 Å². The van der Waals surface area contributed by atoms with Crippen molar-refractivity contribution in [2.75, 3.05) is 0 Å². The first-order chi connectivity index (χ1) is 11.7. The van der Waals surface area contributed by atoms with Crippen molar-refractivity contribution in [3.8, 4) is 17.1 Å². The average Bonchev–Trinajstić information content (AvgIpc) is 2.63. The van der Waals surface area contributed by atoms with Crippen molar-refractivity contribution >= 4 is 22.8 Å². The topological polar surface area (TPSA) is 60.7 Å². The maximum atomic E-state index is 13.0. The molecule has 0 aliphatic carbocycles. The second kappa shape index (κ2) is 5.86. The molecule has 0 spiro atoms. The molecular weight excluding hydrogens is 324 g/mol. The zero-order valence-electron chi connectivity index (χ0n) is 12.4. The molecule has 2 heterocycles. The summed E-state index contributed by atoms with van der Waals surface area (Å²) in [5.74, 6) is 0.496. The summed E-state index contributed by atoms with van der Waals surface area (Å²) in [6, 6.07) is 16.5. The minimum Gasteiger partial charge on any atom is -0.266 e. The second-order valence-corrected chi connectivity index (χ2v) is 5.58. The van der Waals surface area contributed by atoms with Crippen molar-refractivity contribution in [1.82, 2.24) is 19.5 Å². The van der Waals surface area contributed by atoms with Gasteiger partial charge in [0, 0.05) is 23.0 Å². The summed E-state index contributed by atoms with van der Waals surface area (Å²) in [6.07, 6.45) is 3.01. The van der Waals surface area contributed by atoms with E-state index in [1.54, 1.807) is 16.7 Å². The van der Waals surface area contributed by atoms with E-state index in [1.165, 1.54) is 12.4 Å². The van der Waals surface area contributed by atoms with E-state index in [1.807, 2.05) is 42.5 Å². The first-order valence-electron chi connectivity index (χ1n) is 7.29. The normalized spacial score (nSPS) is 10.9. The zero-order valence-corrected chi connectivity index (χ0v) is 13.2. The lowest BCUT2D eigenvalue weighted by atomic mass is 10.2. The van der Waals surface area contributed by atoms with Gasteiger partial charge in [-0.05, 0) is 36.4 Å². The first-order valence-corrected chi connectivity index (χ1v) is 7.67. The van der Waals surface area contributed by atoms with Gasteiger partial charge in [-0.15, -0.1) is 0 Å². The molecule has 0 saturated heterocycles. The van der Waals surface area contributed by atoms with Crippen molar-refractivity contribution in [2.45, 2.75) is 0 Å². The van der Waals surface area contributed by atoms with Crippen molar-refractivity contribution in [2.24, 2.45) is 0 Å². The molecule has 0 fully saturated rings. The number of para-hydroxylation sites is 1. The molecule has 0 unspecified atom stereocenters. The van der Waals surface area contributed by atoms with Crippen LogP contribution in [0.1, 0.15) is 0 Å². The number of nitrogens with zero attached hydrogens (tertiary/aromatic N) is 4. The molecule has 4 aromatic rings. The van der Waals surface area contributed by atoms with Gasteiger partial charge in [0.15, 0.2) is 11.2 Å². The van der Waals surface area contributed by atoms with Crippen LogP contribution in [-0.4, -0.2) is 19.5 Å². The predicted molar refractivity (Wildman–Crippen MR) is 93.4 cm³/mol. The molecule has 4 rings (SSSR count). The van der Waals surface area contributed by atoms with E-state index in [0.29, 0.717) is 22.2 Å². The highest BCUT2D eigenvalue weighted by molar-refractivity contribution is 6.30. The Morgan fingerprint density at radius 1 is 0.875 bits per heavy atom. The highest BCUT2D eigenvalue weighted by atomic mass is 35.5. The monoisotopic (exact) mass is 334 g/mol. The summed E-state index contributed by atoms with van der Waals surface area (Å²) in [5, 5.41) is 0.618. The molecule has 116 valence electrons. The molecular formula is C18H11ClN4O. The fourth-order valence-corrected chi connectivity index (χ4v) is 2.65. The van der Waals surface area contributed by atoms with Crippen LogP contribution >= 0.6 is 11.6 Å². The Bertz CT molecular complexity index is 1080. The van der Waals surface area contributed by atoms with Crippen molar-refractivity contribution in [3.63, 3.8) is 0 Å². The third-order valence-corrected chi connectivity index (χ3v) is 3.88. The number of benzene rings is 2. The van der Waals surface area contributed by atoms with E-state index in [-0.39, 0.29) is 11.1 Å². The van der Waals surface area contributed by atoms with Crippen LogP contribution in [0.15, 0.2) is 71.8 Å². The smallest absolute Gasteiger partial charge is 0.266 e. The Balaban J connectivity index is 2.11. The fraction of sp³-hybridized carbons (Fsp3) is 0. The molecule has 0 aliphatic heterocycles. The molecule has 0 saturated carbocycles. The van der Waals surface area contributed by atoms with Crippen molar-refractivity contribution < 1.29 is 0 Å². The van der Waals surface area contributed by atoms with Crippen LogP contribution in [0.25, 0.3) is 28.2 Å². The number of fused-ring (bicyclic) bond motifs is 1. The molecule has 6 heteroatoms. The van der Waals surface area contributed by atoms with E-state index < -0.39 is 0 Å². The van der Waals surface area contributed by atoms with Crippen molar-refractivity contribution in [1.29, 1.82) is 0 Å². The third-order valence-electron chi connectivity index (χ3n) is 3.63. The number of aromatic nitrogens is 4. The summed E-state index contributed by atoms with van der Waals surface area (Å²) in [5.41, 5.74) is 1.78. The molecule has 24 heavy (non-hydrogen) atoms. The lowest BCUT2D eigenvalue weighted by Gasteiger charge is -2.13. The highest BCUT2D eigenvalue weighted by Crippen LogP contribution is 2.22. The van der Waals surface area contributed by atoms with Gasteiger partial charge >= 0.3 is 0 Å². The minimum absolute atomic E-state index is 0.235. The Morgan fingerprint density at radius 3 is 2.33 bits per heavy atom. The Labute approximate surface area is 142 Å².